The number of carbonyl (C=O) groups is 2. The smallest absolute Gasteiger partial charge is 0.328 e. The van der Waals surface area contributed by atoms with Gasteiger partial charge in [0.05, 0.1) is 23.0 Å². The lowest BCUT2D eigenvalue weighted by molar-refractivity contribution is -0.163. The van der Waals surface area contributed by atoms with Crippen molar-refractivity contribution in [3.05, 3.63) is 12.2 Å². The van der Waals surface area contributed by atoms with Crippen LogP contribution in [0.4, 0.5) is 0 Å². The number of nitrogens with two attached hydrogens (primary N) is 1. The van der Waals surface area contributed by atoms with Gasteiger partial charge in [-0.15, -0.1) is 0 Å². The van der Waals surface area contributed by atoms with Gasteiger partial charge in [0.2, 0.25) is 0 Å². The summed E-state index contributed by atoms with van der Waals surface area (Å²) in [6.45, 7) is 5.83. The van der Waals surface area contributed by atoms with Crippen molar-refractivity contribution in [1.82, 2.24) is 0 Å². The molecule has 0 heterocycles. The van der Waals surface area contributed by atoms with Crippen molar-refractivity contribution in [3.8, 4) is 0 Å². The molecule has 0 saturated heterocycles. The van der Waals surface area contributed by atoms with Gasteiger partial charge in [0.25, 0.3) is 0 Å². The number of hydrogen-bond acceptors (Lipinski definition) is 6. The van der Waals surface area contributed by atoms with Crippen LogP contribution < -0.4 is 5.90 Å². The molecule has 1 spiro atoms. The van der Waals surface area contributed by atoms with E-state index in [-0.39, 0.29) is 17.8 Å². The highest BCUT2D eigenvalue weighted by atomic mass is 16.7. The first-order chi connectivity index (χ1) is 11.7. The number of rotatable bonds is 2. The summed E-state index contributed by atoms with van der Waals surface area (Å²) in [7, 11) is 0. The third-order valence-electron chi connectivity index (χ3n) is 8.22. The van der Waals surface area contributed by atoms with Crippen LogP contribution in [-0.2, 0) is 14.4 Å². The summed E-state index contributed by atoms with van der Waals surface area (Å²) in [5.41, 5.74) is -1.63. The highest BCUT2D eigenvalue weighted by Gasteiger charge is 2.73. The highest BCUT2D eigenvalue weighted by Crippen LogP contribution is 2.74. The monoisotopic (exact) mass is 349 g/mol. The van der Waals surface area contributed by atoms with Gasteiger partial charge in [0, 0.05) is 0 Å². The zero-order chi connectivity index (χ0) is 18.2. The standard InChI is InChI=1S/C19H27NO5/c1-10-7-18-8-19(10,24)6-5-12(18)11-3-4-13(22)17(2,9-21)14(11)15(18)16(23)25-20/h9,11-15,22,24H,1,3-8,20H2,2H3. The second-order valence-corrected chi connectivity index (χ2v) is 9.05. The number of carbonyl (C=O) groups excluding carboxylic acids is 2. The lowest BCUT2D eigenvalue weighted by atomic mass is 9.59. The van der Waals surface area contributed by atoms with Gasteiger partial charge in [0.1, 0.15) is 6.29 Å². The third-order valence-corrected chi connectivity index (χ3v) is 8.22. The van der Waals surface area contributed by atoms with Crippen molar-refractivity contribution in [2.75, 3.05) is 0 Å². The van der Waals surface area contributed by atoms with Gasteiger partial charge in [-0.1, -0.05) is 13.5 Å². The minimum atomic E-state index is -1.00. The van der Waals surface area contributed by atoms with Gasteiger partial charge in [-0.25, -0.2) is 0 Å². The number of aliphatic hydroxyl groups excluding tert-OH is 1. The zero-order valence-electron chi connectivity index (χ0n) is 14.6. The van der Waals surface area contributed by atoms with E-state index in [0.717, 1.165) is 24.7 Å². The van der Waals surface area contributed by atoms with E-state index in [9.17, 15) is 19.8 Å². The molecule has 0 radical (unpaired) electrons. The molecule has 0 aromatic rings. The molecular weight excluding hydrogens is 322 g/mol. The molecule has 138 valence electrons. The Hall–Kier alpha value is -1.24. The average molecular weight is 349 g/mol. The first kappa shape index (κ1) is 17.2. The Bertz CT molecular complexity index is 650. The molecule has 4 aliphatic rings. The Morgan fingerprint density at radius 1 is 1.40 bits per heavy atom. The Morgan fingerprint density at radius 3 is 2.76 bits per heavy atom. The number of fused-ring (bicyclic) bond motifs is 3. The normalized spacial score (nSPS) is 53.9. The second kappa shape index (κ2) is 5.15. The summed E-state index contributed by atoms with van der Waals surface area (Å²) < 4.78 is 0. The van der Waals surface area contributed by atoms with Crippen LogP contribution in [0.25, 0.3) is 0 Å². The fourth-order valence-electron chi connectivity index (χ4n) is 7.15. The van der Waals surface area contributed by atoms with Gasteiger partial charge in [-0.3, -0.25) is 4.79 Å². The molecule has 6 nitrogen and oxygen atoms in total. The molecule has 8 atom stereocenters. The van der Waals surface area contributed by atoms with Crippen molar-refractivity contribution in [2.24, 2.45) is 40.4 Å². The second-order valence-electron chi connectivity index (χ2n) is 9.05. The number of aldehydes is 1. The molecule has 6 heteroatoms. The fraction of sp³-hybridized carbons (Fsp3) is 0.789. The molecule has 4 saturated carbocycles. The Morgan fingerprint density at radius 2 is 2.12 bits per heavy atom. The highest BCUT2D eigenvalue weighted by molar-refractivity contribution is 5.77. The summed E-state index contributed by atoms with van der Waals surface area (Å²) in [6.07, 6.45) is 3.85. The zero-order valence-corrected chi connectivity index (χ0v) is 14.6. The first-order valence-electron chi connectivity index (χ1n) is 9.19. The molecule has 2 bridgehead atoms. The quantitative estimate of drug-likeness (QED) is 0.391. The molecule has 0 aromatic heterocycles. The Kier molecular flexibility index (Phi) is 3.54. The summed E-state index contributed by atoms with van der Waals surface area (Å²) in [6, 6.07) is 0. The average Bonchev–Trinajstić information content (AvgIpc) is 2.98. The molecular formula is C19H27NO5. The van der Waals surface area contributed by atoms with E-state index < -0.39 is 34.4 Å². The van der Waals surface area contributed by atoms with Crippen LogP contribution in [0.2, 0.25) is 0 Å². The maximum Gasteiger partial charge on any atom is 0.328 e. The van der Waals surface area contributed by atoms with E-state index in [2.05, 4.69) is 11.4 Å². The van der Waals surface area contributed by atoms with Crippen molar-refractivity contribution < 1.29 is 24.6 Å². The van der Waals surface area contributed by atoms with Crippen LogP contribution in [0.5, 0.6) is 0 Å². The minimum absolute atomic E-state index is 0.151. The van der Waals surface area contributed by atoms with E-state index in [1.54, 1.807) is 6.92 Å². The van der Waals surface area contributed by atoms with Crippen LogP contribution in [0, 0.1) is 34.5 Å². The van der Waals surface area contributed by atoms with Crippen LogP contribution in [0.1, 0.15) is 45.4 Å². The summed E-state index contributed by atoms with van der Waals surface area (Å²) in [5, 5.41) is 21.5. The predicted molar refractivity (Wildman–Crippen MR) is 88.6 cm³/mol. The van der Waals surface area contributed by atoms with Crippen LogP contribution in [-0.4, -0.2) is 34.2 Å². The van der Waals surface area contributed by atoms with Gasteiger partial charge < -0.3 is 19.8 Å². The van der Waals surface area contributed by atoms with Crippen LogP contribution in [0.3, 0.4) is 0 Å². The molecule has 25 heavy (non-hydrogen) atoms. The van der Waals surface area contributed by atoms with E-state index in [1.165, 1.54) is 0 Å². The molecule has 4 N–H and O–H groups in total. The van der Waals surface area contributed by atoms with Crippen molar-refractivity contribution >= 4 is 12.3 Å². The van der Waals surface area contributed by atoms with Gasteiger partial charge in [-0.2, -0.15) is 5.90 Å². The van der Waals surface area contributed by atoms with Gasteiger partial charge >= 0.3 is 5.97 Å². The predicted octanol–water partition coefficient (Wildman–Crippen LogP) is 1.10. The SMILES string of the molecule is C=C1CC23CC1(O)CCC2C1CCC(O)C(C)(C=O)C1C3C(=O)ON. The van der Waals surface area contributed by atoms with Crippen molar-refractivity contribution in [2.45, 2.75) is 57.2 Å². The van der Waals surface area contributed by atoms with Gasteiger partial charge in [0.15, 0.2) is 0 Å². The van der Waals surface area contributed by atoms with E-state index in [4.69, 9.17) is 5.90 Å². The van der Waals surface area contributed by atoms with E-state index in [1.807, 2.05) is 0 Å². The minimum Gasteiger partial charge on any atom is -0.392 e. The van der Waals surface area contributed by atoms with Crippen LogP contribution >= 0.6 is 0 Å². The lowest BCUT2D eigenvalue weighted by Gasteiger charge is -2.45. The summed E-state index contributed by atoms with van der Waals surface area (Å²) in [5.74, 6) is 4.20. The van der Waals surface area contributed by atoms with E-state index >= 15 is 0 Å². The van der Waals surface area contributed by atoms with Crippen molar-refractivity contribution in [1.29, 1.82) is 0 Å². The van der Waals surface area contributed by atoms with E-state index in [0.29, 0.717) is 25.7 Å². The van der Waals surface area contributed by atoms with Crippen molar-refractivity contribution in [3.63, 3.8) is 0 Å². The maximum absolute atomic E-state index is 12.8. The lowest BCUT2D eigenvalue weighted by Crippen LogP contribution is -2.51. The molecule has 0 amide bonds. The molecule has 0 aromatic carbocycles. The fourth-order valence-corrected chi connectivity index (χ4v) is 7.15. The molecule has 4 fully saturated rings. The maximum atomic E-state index is 12.8. The molecule has 0 aliphatic heterocycles. The van der Waals surface area contributed by atoms with Crippen LogP contribution in [0.15, 0.2) is 12.2 Å². The largest absolute Gasteiger partial charge is 0.392 e. The Balaban J connectivity index is 1.88. The Labute approximate surface area is 147 Å². The number of hydrogen-bond donors (Lipinski definition) is 3. The third kappa shape index (κ3) is 1.90. The topological polar surface area (TPSA) is 110 Å². The molecule has 4 rings (SSSR count). The summed E-state index contributed by atoms with van der Waals surface area (Å²) >= 11 is 0. The first-order valence-corrected chi connectivity index (χ1v) is 9.19. The molecule has 4 aliphatic carbocycles. The number of aliphatic hydroxyl groups is 2. The van der Waals surface area contributed by atoms with Gasteiger partial charge in [-0.05, 0) is 67.3 Å². The molecule has 8 unspecified atom stereocenters. The summed E-state index contributed by atoms with van der Waals surface area (Å²) in [4.78, 5) is 29.5.